The minimum atomic E-state index is 0.530. The second kappa shape index (κ2) is 3.17. The van der Waals surface area contributed by atoms with Crippen LogP contribution in [0.4, 0.5) is 0 Å². The Bertz CT molecular complexity index is 466. The van der Waals surface area contributed by atoms with E-state index in [0.717, 1.165) is 16.5 Å². The molecule has 0 spiro atoms. The molecule has 0 N–H and O–H groups in total. The Labute approximate surface area is 86.3 Å². The SMILES string of the molecule is Cc1cc(Cl)c(Cl)c2ncccc12. The number of pyridine rings is 1. The van der Waals surface area contributed by atoms with E-state index < -0.39 is 0 Å². The largest absolute Gasteiger partial charge is 0.255 e. The first kappa shape index (κ1) is 8.79. The minimum Gasteiger partial charge on any atom is -0.255 e. The fourth-order valence-electron chi connectivity index (χ4n) is 1.34. The lowest BCUT2D eigenvalue weighted by Gasteiger charge is -2.04. The Balaban J connectivity index is 2.97. The van der Waals surface area contributed by atoms with E-state index in [1.165, 1.54) is 0 Å². The monoisotopic (exact) mass is 211 g/mol. The van der Waals surface area contributed by atoms with Crippen LogP contribution in [0.3, 0.4) is 0 Å². The summed E-state index contributed by atoms with van der Waals surface area (Å²) in [4.78, 5) is 4.19. The van der Waals surface area contributed by atoms with Gasteiger partial charge in [0.2, 0.25) is 0 Å². The summed E-state index contributed by atoms with van der Waals surface area (Å²) in [6.45, 7) is 1.99. The molecule has 0 aliphatic carbocycles. The molecule has 0 saturated carbocycles. The number of fused-ring (bicyclic) bond motifs is 1. The second-order valence-corrected chi connectivity index (χ2v) is 3.67. The van der Waals surface area contributed by atoms with Gasteiger partial charge in [-0.3, -0.25) is 4.98 Å². The molecule has 66 valence electrons. The Kier molecular flexibility index (Phi) is 2.14. The molecule has 0 radical (unpaired) electrons. The Morgan fingerprint density at radius 3 is 2.85 bits per heavy atom. The number of hydrogen-bond acceptors (Lipinski definition) is 1. The summed E-state index contributed by atoms with van der Waals surface area (Å²) in [6.07, 6.45) is 1.71. The standard InChI is InChI=1S/C10H7Cl2N/c1-6-5-8(11)9(12)10-7(6)3-2-4-13-10/h2-5H,1H3. The van der Waals surface area contributed by atoms with Crippen molar-refractivity contribution in [3.8, 4) is 0 Å². The second-order valence-electron chi connectivity index (χ2n) is 2.89. The normalized spacial score (nSPS) is 10.7. The van der Waals surface area contributed by atoms with Crippen molar-refractivity contribution in [1.29, 1.82) is 0 Å². The maximum Gasteiger partial charge on any atom is 0.0905 e. The minimum absolute atomic E-state index is 0.530. The predicted octanol–water partition coefficient (Wildman–Crippen LogP) is 3.85. The van der Waals surface area contributed by atoms with E-state index in [1.54, 1.807) is 6.20 Å². The van der Waals surface area contributed by atoms with Crippen LogP contribution in [0.25, 0.3) is 10.9 Å². The average molecular weight is 212 g/mol. The molecule has 0 bridgehead atoms. The molecule has 1 nitrogen and oxygen atoms in total. The van der Waals surface area contributed by atoms with Gasteiger partial charge < -0.3 is 0 Å². The van der Waals surface area contributed by atoms with Crippen LogP contribution >= 0.6 is 23.2 Å². The van der Waals surface area contributed by atoms with Gasteiger partial charge in [0, 0.05) is 11.6 Å². The van der Waals surface area contributed by atoms with Gasteiger partial charge in [0.15, 0.2) is 0 Å². The molecule has 0 fully saturated rings. The first-order valence-electron chi connectivity index (χ1n) is 3.89. The van der Waals surface area contributed by atoms with Crippen LogP contribution in [0.2, 0.25) is 10.0 Å². The van der Waals surface area contributed by atoms with Crippen molar-refractivity contribution >= 4 is 34.1 Å². The van der Waals surface area contributed by atoms with Crippen LogP contribution in [0, 0.1) is 6.92 Å². The van der Waals surface area contributed by atoms with Gasteiger partial charge in [-0.1, -0.05) is 29.3 Å². The zero-order valence-electron chi connectivity index (χ0n) is 7.01. The van der Waals surface area contributed by atoms with Crippen molar-refractivity contribution < 1.29 is 0 Å². The highest BCUT2D eigenvalue weighted by Gasteiger charge is 2.06. The fourth-order valence-corrected chi connectivity index (χ4v) is 1.80. The summed E-state index contributed by atoms with van der Waals surface area (Å²) in [6, 6.07) is 5.73. The molecule has 13 heavy (non-hydrogen) atoms. The highest BCUT2D eigenvalue weighted by molar-refractivity contribution is 6.45. The zero-order chi connectivity index (χ0) is 9.42. The van der Waals surface area contributed by atoms with Gasteiger partial charge in [-0.15, -0.1) is 0 Å². The third-order valence-electron chi connectivity index (χ3n) is 1.99. The summed E-state index contributed by atoms with van der Waals surface area (Å²) in [5, 5.41) is 2.14. The number of halogens is 2. The molecule has 3 heteroatoms. The smallest absolute Gasteiger partial charge is 0.0905 e. The average Bonchev–Trinajstić information content (AvgIpc) is 2.15. The molecule has 0 aliphatic rings. The predicted molar refractivity (Wildman–Crippen MR) is 56.5 cm³/mol. The van der Waals surface area contributed by atoms with Gasteiger partial charge >= 0.3 is 0 Å². The molecule has 1 heterocycles. The lowest BCUT2D eigenvalue weighted by Crippen LogP contribution is -1.84. The zero-order valence-corrected chi connectivity index (χ0v) is 8.52. The Morgan fingerprint density at radius 2 is 2.08 bits per heavy atom. The van der Waals surface area contributed by atoms with Crippen LogP contribution in [0.1, 0.15) is 5.56 Å². The summed E-state index contributed by atoms with van der Waals surface area (Å²) >= 11 is 11.9. The third kappa shape index (κ3) is 1.38. The Hall–Kier alpha value is -0.790. The fraction of sp³-hybridized carbons (Fsp3) is 0.100. The molecule has 0 saturated heterocycles. The van der Waals surface area contributed by atoms with E-state index in [1.807, 2.05) is 25.1 Å². The summed E-state index contributed by atoms with van der Waals surface area (Å²) in [5.74, 6) is 0. The number of benzene rings is 1. The highest BCUT2D eigenvalue weighted by atomic mass is 35.5. The topological polar surface area (TPSA) is 12.9 Å². The first-order valence-corrected chi connectivity index (χ1v) is 4.65. The van der Waals surface area contributed by atoms with Gasteiger partial charge in [-0.2, -0.15) is 0 Å². The van der Waals surface area contributed by atoms with E-state index in [4.69, 9.17) is 23.2 Å². The molecule has 2 rings (SSSR count). The quantitative estimate of drug-likeness (QED) is 0.646. The van der Waals surface area contributed by atoms with Gasteiger partial charge in [0.25, 0.3) is 0 Å². The van der Waals surface area contributed by atoms with Crippen LogP contribution < -0.4 is 0 Å². The van der Waals surface area contributed by atoms with E-state index in [9.17, 15) is 0 Å². The molecule has 2 aromatic rings. The lowest BCUT2D eigenvalue weighted by atomic mass is 10.1. The summed E-state index contributed by atoms with van der Waals surface area (Å²) in [7, 11) is 0. The maximum absolute atomic E-state index is 6.00. The van der Waals surface area contributed by atoms with Crippen LogP contribution in [-0.4, -0.2) is 4.98 Å². The first-order chi connectivity index (χ1) is 6.20. The number of nitrogens with zero attached hydrogens (tertiary/aromatic N) is 1. The molecular formula is C10H7Cl2N. The van der Waals surface area contributed by atoms with Crippen LogP contribution in [0.5, 0.6) is 0 Å². The van der Waals surface area contributed by atoms with Gasteiger partial charge in [-0.05, 0) is 24.6 Å². The highest BCUT2D eigenvalue weighted by Crippen LogP contribution is 2.31. The third-order valence-corrected chi connectivity index (χ3v) is 2.77. The molecule has 1 aromatic heterocycles. The van der Waals surface area contributed by atoms with Crippen molar-refractivity contribution in [2.45, 2.75) is 6.92 Å². The van der Waals surface area contributed by atoms with E-state index in [0.29, 0.717) is 10.0 Å². The number of aromatic nitrogens is 1. The number of aryl methyl sites for hydroxylation is 1. The van der Waals surface area contributed by atoms with Crippen molar-refractivity contribution in [2.24, 2.45) is 0 Å². The van der Waals surface area contributed by atoms with Crippen molar-refractivity contribution in [3.63, 3.8) is 0 Å². The molecule has 0 amide bonds. The van der Waals surface area contributed by atoms with E-state index >= 15 is 0 Å². The summed E-state index contributed by atoms with van der Waals surface area (Å²) in [5.41, 5.74) is 1.87. The summed E-state index contributed by atoms with van der Waals surface area (Å²) < 4.78 is 0. The van der Waals surface area contributed by atoms with Crippen LogP contribution in [-0.2, 0) is 0 Å². The molecule has 0 aliphatic heterocycles. The van der Waals surface area contributed by atoms with Crippen molar-refractivity contribution in [1.82, 2.24) is 4.98 Å². The maximum atomic E-state index is 6.00. The van der Waals surface area contributed by atoms with Crippen molar-refractivity contribution in [3.05, 3.63) is 40.0 Å². The van der Waals surface area contributed by atoms with E-state index in [2.05, 4.69) is 4.98 Å². The number of hydrogen-bond donors (Lipinski definition) is 0. The van der Waals surface area contributed by atoms with Gasteiger partial charge in [0.1, 0.15) is 0 Å². The lowest BCUT2D eigenvalue weighted by molar-refractivity contribution is 1.39. The van der Waals surface area contributed by atoms with Gasteiger partial charge in [-0.25, -0.2) is 0 Å². The van der Waals surface area contributed by atoms with Crippen LogP contribution in [0.15, 0.2) is 24.4 Å². The molecular weight excluding hydrogens is 205 g/mol. The number of rotatable bonds is 0. The van der Waals surface area contributed by atoms with E-state index in [-0.39, 0.29) is 0 Å². The molecule has 0 unspecified atom stereocenters. The Morgan fingerprint density at radius 1 is 1.31 bits per heavy atom. The van der Waals surface area contributed by atoms with Gasteiger partial charge in [0.05, 0.1) is 15.6 Å². The molecule has 0 atom stereocenters. The van der Waals surface area contributed by atoms with Crippen molar-refractivity contribution in [2.75, 3.05) is 0 Å². The molecule has 1 aromatic carbocycles.